The highest BCUT2D eigenvalue weighted by Gasteiger charge is 2.36. The van der Waals surface area contributed by atoms with Crippen molar-refractivity contribution in [3.8, 4) is 0 Å². The van der Waals surface area contributed by atoms with Crippen molar-refractivity contribution in [2.75, 3.05) is 6.61 Å². The fourth-order valence-electron chi connectivity index (χ4n) is 1.52. The highest BCUT2D eigenvalue weighted by molar-refractivity contribution is 5.89. The number of rotatable bonds is 4. The Bertz CT molecular complexity index is 480. The molecule has 0 saturated carbocycles. The van der Waals surface area contributed by atoms with Crippen LogP contribution in [0.5, 0.6) is 0 Å². The lowest BCUT2D eigenvalue weighted by Gasteiger charge is -2.18. The maximum atomic E-state index is 12.8. The first-order chi connectivity index (χ1) is 8.79. The van der Waals surface area contributed by atoms with Crippen molar-refractivity contribution in [1.82, 2.24) is 0 Å². The second-order valence-corrected chi connectivity index (χ2v) is 3.73. The first kappa shape index (κ1) is 15.2. The summed E-state index contributed by atoms with van der Waals surface area (Å²) in [5, 5.41) is 9.83. The average molecular weight is 274 g/mol. The molecule has 0 aliphatic heterocycles. The Kier molecular flexibility index (Phi) is 4.72. The van der Waals surface area contributed by atoms with Crippen LogP contribution in [0, 0.1) is 0 Å². The maximum absolute atomic E-state index is 12.8. The molecule has 3 nitrogen and oxygen atoms in total. The van der Waals surface area contributed by atoms with E-state index < -0.39 is 34.9 Å². The number of benzene rings is 1. The Morgan fingerprint density at radius 1 is 1.42 bits per heavy atom. The SMILES string of the molecule is C=C(C(=O)OCC)C(O)c1ccccc1C(F)(F)F. The Balaban J connectivity index is 3.10. The van der Waals surface area contributed by atoms with Crippen molar-refractivity contribution in [3.05, 3.63) is 47.5 Å². The van der Waals surface area contributed by atoms with Gasteiger partial charge in [-0.3, -0.25) is 0 Å². The standard InChI is InChI=1S/C13H13F3O3/c1-3-19-12(18)8(2)11(17)9-6-4-5-7-10(9)13(14,15)16/h4-7,11,17H,2-3H2,1H3. The topological polar surface area (TPSA) is 46.5 Å². The minimum Gasteiger partial charge on any atom is -0.463 e. The largest absolute Gasteiger partial charge is 0.463 e. The van der Waals surface area contributed by atoms with Crippen LogP contribution in [0.4, 0.5) is 13.2 Å². The van der Waals surface area contributed by atoms with E-state index in [-0.39, 0.29) is 6.61 Å². The fraction of sp³-hybridized carbons (Fsp3) is 0.308. The quantitative estimate of drug-likeness (QED) is 0.678. The highest BCUT2D eigenvalue weighted by Crippen LogP contribution is 2.36. The minimum atomic E-state index is -4.62. The molecule has 1 N–H and O–H groups in total. The van der Waals surface area contributed by atoms with E-state index in [4.69, 9.17) is 0 Å². The Labute approximate surface area is 108 Å². The maximum Gasteiger partial charge on any atom is 0.416 e. The van der Waals surface area contributed by atoms with Gasteiger partial charge in [0.05, 0.1) is 17.7 Å². The zero-order chi connectivity index (χ0) is 14.6. The molecule has 0 aromatic heterocycles. The summed E-state index contributed by atoms with van der Waals surface area (Å²) in [5.74, 6) is -0.924. The molecule has 0 aliphatic rings. The van der Waals surface area contributed by atoms with Gasteiger partial charge in [-0.2, -0.15) is 13.2 Å². The van der Waals surface area contributed by atoms with Gasteiger partial charge in [0.1, 0.15) is 6.10 Å². The molecule has 0 saturated heterocycles. The number of alkyl halides is 3. The van der Waals surface area contributed by atoms with Crippen molar-refractivity contribution in [1.29, 1.82) is 0 Å². The normalized spacial score (nSPS) is 12.9. The predicted molar refractivity (Wildman–Crippen MR) is 62.2 cm³/mol. The summed E-state index contributed by atoms with van der Waals surface area (Å²) >= 11 is 0. The number of aliphatic hydroxyl groups excluding tert-OH is 1. The molecular formula is C13H13F3O3. The summed E-state index contributed by atoms with van der Waals surface area (Å²) in [6.45, 7) is 4.87. The third-order valence-electron chi connectivity index (χ3n) is 2.43. The number of esters is 1. The molecular weight excluding hydrogens is 261 g/mol. The van der Waals surface area contributed by atoms with Crippen LogP contribution < -0.4 is 0 Å². The van der Waals surface area contributed by atoms with E-state index >= 15 is 0 Å². The summed E-state index contributed by atoms with van der Waals surface area (Å²) in [6, 6.07) is 4.47. The zero-order valence-electron chi connectivity index (χ0n) is 10.2. The number of halogens is 3. The number of carbonyl (C=O) groups is 1. The fourth-order valence-corrected chi connectivity index (χ4v) is 1.52. The summed E-state index contributed by atoms with van der Waals surface area (Å²) < 4.78 is 42.9. The van der Waals surface area contributed by atoms with Crippen LogP contribution in [0.25, 0.3) is 0 Å². The molecule has 6 heteroatoms. The van der Waals surface area contributed by atoms with Crippen LogP contribution >= 0.6 is 0 Å². The van der Waals surface area contributed by atoms with Gasteiger partial charge in [0, 0.05) is 0 Å². The van der Waals surface area contributed by atoms with Gasteiger partial charge in [0.25, 0.3) is 0 Å². The van der Waals surface area contributed by atoms with E-state index in [2.05, 4.69) is 11.3 Å². The van der Waals surface area contributed by atoms with Crippen molar-refractivity contribution in [2.45, 2.75) is 19.2 Å². The molecule has 1 unspecified atom stereocenters. The molecule has 104 valence electrons. The number of aliphatic hydroxyl groups is 1. The molecule has 1 atom stereocenters. The van der Waals surface area contributed by atoms with Crippen LogP contribution in [0.1, 0.15) is 24.2 Å². The van der Waals surface area contributed by atoms with Gasteiger partial charge < -0.3 is 9.84 Å². The van der Waals surface area contributed by atoms with Gasteiger partial charge in [-0.15, -0.1) is 0 Å². The second-order valence-electron chi connectivity index (χ2n) is 3.73. The van der Waals surface area contributed by atoms with Crippen molar-refractivity contribution < 1.29 is 27.8 Å². The monoisotopic (exact) mass is 274 g/mol. The molecule has 0 amide bonds. The van der Waals surface area contributed by atoms with E-state index in [1.165, 1.54) is 12.1 Å². The smallest absolute Gasteiger partial charge is 0.416 e. The van der Waals surface area contributed by atoms with Crippen LogP contribution in [0.3, 0.4) is 0 Å². The molecule has 0 aliphatic carbocycles. The lowest BCUT2D eigenvalue weighted by molar-refractivity contribution is -0.142. The Morgan fingerprint density at radius 2 is 2.00 bits per heavy atom. The van der Waals surface area contributed by atoms with Crippen molar-refractivity contribution >= 4 is 5.97 Å². The molecule has 1 rings (SSSR count). The average Bonchev–Trinajstić information content (AvgIpc) is 2.36. The zero-order valence-corrected chi connectivity index (χ0v) is 10.2. The lowest BCUT2D eigenvalue weighted by atomic mass is 9.97. The molecule has 1 aromatic rings. The lowest BCUT2D eigenvalue weighted by Crippen LogP contribution is -2.17. The molecule has 0 spiro atoms. The third-order valence-corrected chi connectivity index (χ3v) is 2.43. The van der Waals surface area contributed by atoms with E-state index in [9.17, 15) is 23.1 Å². The van der Waals surface area contributed by atoms with Crippen LogP contribution in [0.2, 0.25) is 0 Å². The summed E-state index contributed by atoms with van der Waals surface area (Å²) in [5.41, 5.74) is -1.86. The van der Waals surface area contributed by atoms with Gasteiger partial charge in [-0.05, 0) is 18.6 Å². The van der Waals surface area contributed by atoms with Gasteiger partial charge in [-0.1, -0.05) is 24.8 Å². The third kappa shape index (κ3) is 3.57. The Morgan fingerprint density at radius 3 is 2.53 bits per heavy atom. The van der Waals surface area contributed by atoms with E-state index in [1.807, 2.05) is 0 Å². The first-order valence-corrected chi connectivity index (χ1v) is 5.49. The molecule has 0 radical (unpaired) electrons. The molecule has 19 heavy (non-hydrogen) atoms. The van der Waals surface area contributed by atoms with Crippen LogP contribution in [-0.4, -0.2) is 17.7 Å². The van der Waals surface area contributed by atoms with Crippen molar-refractivity contribution in [3.63, 3.8) is 0 Å². The predicted octanol–water partition coefficient (Wildman–Crippen LogP) is 2.86. The van der Waals surface area contributed by atoms with Crippen LogP contribution in [-0.2, 0) is 15.7 Å². The summed E-state index contributed by atoms with van der Waals surface area (Å²) in [6.07, 6.45) is -6.37. The van der Waals surface area contributed by atoms with E-state index in [0.29, 0.717) is 0 Å². The molecule has 1 aromatic carbocycles. The van der Waals surface area contributed by atoms with Gasteiger partial charge >= 0.3 is 12.1 Å². The van der Waals surface area contributed by atoms with E-state index in [0.717, 1.165) is 12.1 Å². The molecule has 0 bridgehead atoms. The number of hydrogen-bond acceptors (Lipinski definition) is 3. The second kappa shape index (κ2) is 5.88. The number of hydrogen-bond donors (Lipinski definition) is 1. The van der Waals surface area contributed by atoms with Gasteiger partial charge in [-0.25, -0.2) is 4.79 Å². The highest BCUT2D eigenvalue weighted by atomic mass is 19.4. The first-order valence-electron chi connectivity index (χ1n) is 5.49. The van der Waals surface area contributed by atoms with Crippen molar-refractivity contribution in [2.24, 2.45) is 0 Å². The van der Waals surface area contributed by atoms with Crippen LogP contribution in [0.15, 0.2) is 36.4 Å². The van der Waals surface area contributed by atoms with Gasteiger partial charge in [0.2, 0.25) is 0 Å². The van der Waals surface area contributed by atoms with Gasteiger partial charge in [0.15, 0.2) is 0 Å². The minimum absolute atomic E-state index is 0.0471. The number of ether oxygens (including phenoxy) is 1. The van der Waals surface area contributed by atoms with E-state index in [1.54, 1.807) is 6.92 Å². The summed E-state index contributed by atoms with van der Waals surface area (Å²) in [7, 11) is 0. The number of carbonyl (C=O) groups excluding carboxylic acids is 1. The molecule has 0 fully saturated rings. The molecule has 0 heterocycles. The summed E-state index contributed by atoms with van der Waals surface area (Å²) in [4.78, 5) is 11.4. The Hall–Kier alpha value is -1.82.